The number of ether oxygens (including phenoxy) is 3. The molecule has 0 unspecified atom stereocenters. The molecule has 0 aromatic heterocycles. The minimum absolute atomic E-state index is 0.0250. The number of hydrogen-bond donors (Lipinski definition) is 1. The molecule has 0 aliphatic carbocycles. The summed E-state index contributed by atoms with van der Waals surface area (Å²) in [6.07, 6.45) is 0.701. The highest BCUT2D eigenvalue weighted by molar-refractivity contribution is 7.92. The summed E-state index contributed by atoms with van der Waals surface area (Å²) in [6.45, 7) is 3.27. The fraction of sp³-hybridized carbons (Fsp3) is 0.333. The number of anilines is 1. The number of halogens is 1. The first-order chi connectivity index (χ1) is 20.0. The van der Waals surface area contributed by atoms with E-state index in [9.17, 15) is 22.4 Å². The predicted octanol–water partition coefficient (Wildman–Crippen LogP) is 3.99. The molecular weight excluding hydrogens is 565 g/mol. The van der Waals surface area contributed by atoms with Crippen molar-refractivity contribution in [2.45, 2.75) is 37.8 Å². The van der Waals surface area contributed by atoms with Gasteiger partial charge in [-0.1, -0.05) is 19.1 Å². The number of sulfonamides is 1. The van der Waals surface area contributed by atoms with E-state index in [2.05, 4.69) is 5.32 Å². The lowest BCUT2D eigenvalue weighted by molar-refractivity contribution is -0.139. The van der Waals surface area contributed by atoms with E-state index in [1.807, 2.05) is 6.92 Å². The van der Waals surface area contributed by atoms with Crippen molar-refractivity contribution in [3.63, 3.8) is 0 Å². The number of amides is 2. The van der Waals surface area contributed by atoms with Crippen LogP contribution in [0.2, 0.25) is 0 Å². The molecule has 0 radical (unpaired) electrons. The van der Waals surface area contributed by atoms with Gasteiger partial charge in [0.25, 0.3) is 10.0 Å². The highest BCUT2D eigenvalue weighted by atomic mass is 32.2. The Kier molecular flexibility index (Phi) is 11.1. The Morgan fingerprint density at radius 3 is 2.12 bits per heavy atom. The fourth-order valence-corrected chi connectivity index (χ4v) is 5.58. The normalized spacial score (nSPS) is 11.8. The number of carbonyl (C=O) groups is 2. The van der Waals surface area contributed by atoms with Crippen LogP contribution in [-0.4, -0.2) is 65.6 Å². The van der Waals surface area contributed by atoms with Gasteiger partial charge >= 0.3 is 0 Å². The van der Waals surface area contributed by atoms with Crippen molar-refractivity contribution in [1.29, 1.82) is 0 Å². The van der Waals surface area contributed by atoms with E-state index in [-0.39, 0.29) is 28.8 Å². The van der Waals surface area contributed by atoms with Crippen LogP contribution in [0, 0.1) is 5.82 Å². The SMILES string of the molecule is CCCNC(=O)[C@@H](C)N(Cc1ccc(OC)cc1)C(=O)CN(c1ccc(F)cc1)S(=O)(=O)c1ccc(OC)c(OC)c1. The Bertz CT molecular complexity index is 1470. The number of nitrogens with one attached hydrogen (secondary N) is 1. The molecule has 10 nitrogen and oxygen atoms in total. The Morgan fingerprint density at radius 2 is 1.55 bits per heavy atom. The van der Waals surface area contributed by atoms with E-state index in [1.54, 1.807) is 31.2 Å². The van der Waals surface area contributed by atoms with Crippen LogP contribution in [-0.2, 0) is 26.2 Å². The number of hydrogen-bond acceptors (Lipinski definition) is 7. The van der Waals surface area contributed by atoms with E-state index < -0.39 is 34.3 Å². The maximum absolute atomic E-state index is 14.0. The average molecular weight is 602 g/mol. The smallest absolute Gasteiger partial charge is 0.264 e. The van der Waals surface area contributed by atoms with Crippen molar-refractivity contribution in [2.75, 3.05) is 38.7 Å². The third kappa shape index (κ3) is 7.69. The van der Waals surface area contributed by atoms with Crippen LogP contribution in [0.1, 0.15) is 25.8 Å². The second-order valence-corrected chi connectivity index (χ2v) is 11.2. The lowest BCUT2D eigenvalue weighted by Gasteiger charge is -2.32. The molecule has 0 aliphatic heterocycles. The topological polar surface area (TPSA) is 114 Å². The van der Waals surface area contributed by atoms with Gasteiger partial charge in [0.2, 0.25) is 11.8 Å². The van der Waals surface area contributed by atoms with Crippen molar-refractivity contribution in [3.05, 3.63) is 78.1 Å². The van der Waals surface area contributed by atoms with Gasteiger partial charge in [-0.3, -0.25) is 13.9 Å². The molecular formula is C30H36FN3O7S. The summed E-state index contributed by atoms with van der Waals surface area (Å²) in [5.74, 6) is -0.484. The molecule has 0 heterocycles. The zero-order valence-electron chi connectivity index (χ0n) is 24.3. The molecule has 1 atom stereocenters. The van der Waals surface area contributed by atoms with E-state index >= 15 is 0 Å². The summed E-state index contributed by atoms with van der Waals surface area (Å²) in [4.78, 5) is 28.0. The third-order valence-corrected chi connectivity index (χ3v) is 8.33. The molecule has 0 fully saturated rings. The van der Waals surface area contributed by atoms with Gasteiger partial charge in [-0.25, -0.2) is 12.8 Å². The minimum atomic E-state index is -4.38. The van der Waals surface area contributed by atoms with Crippen molar-refractivity contribution in [3.8, 4) is 17.2 Å². The van der Waals surface area contributed by atoms with E-state index in [0.29, 0.717) is 30.0 Å². The summed E-state index contributed by atoms with van der Waals surface area (Å²) >= 11 is 0. The summed E-state index contributed by atoms with van der Waals surface area (Å²) in [6, 6.07) is 14.8. The van der Waals surface area contributed by atoms with E-state index in [4.69, 9.17) is 14.2 Å². The lowest BCUT2D eigenvalue weighted by atomic mass is 10.1. The van der Waals surface area contributed by atoms with Crippen molar-refractivity contribution < 1.29 is 36.6 Å². The Morgan fingerprint density at radius 1 is 0.905 bits per heavy atom. The van der Waals surface area contributed by atoms with E-state index in [0.717, 1.165) is 16.4 Å². The molecule has 3 aromatic carbocycles. The monoisotopic (exact) mass is 601 g/mol. The van der Waals surface area contributed by atoms with Gasteiger partial charge in [0.05, 0.1) is 31.9 Å². The highest BCUT2D eigenvalue weighted by Crippen LogP contribution is 2.32. The van der Waals surface area contributed by atoms with Gasteiger partial charge in [-0.2, -0.15) is 0 Å². The summed E-state index contributed by atoms with van der Waals surface area (Å²) in [5, 5.41) is 2.79. The zero-order chi connectivity index (χ0) is 30.9. The largest absolute Gasteiger partial charge is 0.497 e. The van der Waals surface area contributed by atoms with Crippen LogP contribution in [0.3, 0.4) is 0 Å². The summed E-state index contributed by atoms with van der Waals surface area (Å²) < 4.78 is 58.4. The third-order valence-electron chi connectivity index (χ3n) is 6.56. The fourth-order valence-electron chi connectivity index (χ4n) is 4.15. The Hall–Kier alpha value is -4.32. The van der Waals surface area contributed by atoms with Crippen molar-refractivity contribution in [1.82, 2.24) is 10.2 Å². The first-order valence-corrected chi connectivity index (χ1v) is 14.7. The van der Waals surface area contributed by atoms with Crippen LogP contribution in [0.15, 0.2) is 71.6 Å². The average Bonchev–Trinajstić information content (AvgIpc) is 3.01. The van der Waals surface area contributed by atoms with Gasteiger partial charge < -0.3 is 24.4 Å². The molecule has 42 heavy (non-hydrogen) atoms. The summed E-state index contributed by atoms with van der Waals surface area (Å²) in [7, 11) is -0.0549. The maximum Gasteiger partial charge on any atom is 0.264 e. The number of benzene rings is 3. The van der Waals surface area contributed by atoms with Crippen LogP contribution < -0.4 is 23.8 Å². The Labute approximate surface area is 246 Å². The first-order valence-electron chi connectivity index (χ1n) is 13.3. The van der Waals surface area contributed by atoms with Gasteiger partial charge in [0.1, 0.15) is 24.2 Å². The minimum Gasteiger partial charge on any atom is -0.497 e. The standard InChI is InChI=1S/C30H36FN3O7S/c1-6-17-32-30(36)21(2)33(19-22-7-13-25(39-3)14-8-22)29(35)20-34(24-11-9-23(31)10-12-24)42(37,38)26-15-16-27(40-4)28(18-26)41-5/h7-16,18,21H,6,17,19-20H2,1-5H3,(H,32,36)/t21-/m1/s1. The molecule has 226 valence electrons. The lowest BCUT2D eigenvalue weighted by Crippen LogP contribution is -2.51. The highest BCUT2D eigenvalue weighted by Gasteiger charge is 2.33. The van der Waals surface area contributed by atoms with Gasteiger partial charge in [-0.15, -0.1) is 0 Å². The number of methoxy groups -OCH3 is 3. The van der Waals surface area contributed by atoms with Crippen molar-refractivity contribution >= 4 is 27.5 Å². The second kappa shape index (κ2) is 14.5. The molecule has 0 bridgehead atoms. The van der Waals surface area contributed by atoms with E-state index in [1.165, 1.54) is 56.6 Å². The zero-order valence-corrected chi connectivity index (χ0v) is 25.1. The molecule has 1 N–H and O–H groups in total. The molecule has 0 aliphatic rings. The van der Waals surface area contributed by atoms with Crippen LogP contribution in [0.25, 0.3) is 0 Å². The van der Waals surface area contributed by atoms with Crippen molar-refractivity contribution in [2.24, 2.45) is 0 Å². The van der Waals surface area contributed by atoms with Crippen LogP contribution in [0.5, 0.6) is 17.2 Å². The maximum atomic E-state index is 14.0. The molecule has 12 heteroatoms. The van der Waals surface area contributed by atoms with Crippen LogP contribution in [0.4, 0.5) is 10.1 Å². The van der Waals surface area contributed by atoms with Gasteiger partial charge in [-0.05, 0) is 67.4 Å². The molecule has 0 saturated carbocycles. The molecule has 3 aromatic rings. The quantitative estimate of drug-likeness (QED) is 0.297. The molecule has 2 amide bonds. The number of carbonyl (C=O) groups excluding carboxylic acids is 2. The number of nitrogens with zero attached hydrogens (tertiary/aromatic N) is 2. The summed E-state index contributed by atoms with van der Waals surface area (Å²) in [5.41, 5.74) is 0.766. The Balaban J connectivity index is 2.05. The van der Waals surface area contributed by atoms with Gasteiger partial charge in [0, 0.05) is 19.2 Å². The molecule has 3 rings (SSSR count). The molecule has 0 saturated heterocycles. The first kappa shape index (κ1) is 32.2. The van der Waals surface area contributed by atoms with Gasteiger partial charge in [0.15, 0.2) is 11.5 Å². The number of rotatable bonds is 14. The molecule has 0 spiro atoms. The van der Waals surface area contributed by atoms with Crippen LogP contribution >= 0.6 is 0 Å². The second-order valence-electron chi connectivity index (χ2n) is 9.34. The predicted molar refractivity (Wildman–Crippen MR) is 157 cm³/mol.